The minimum Gasteiger partial charge on any atom is -0.383 e. The molecule has 2 fully saturated rings. The predicted molar refractivity (Wildman–Crippen MR) is 86.1 cm³/mol. The molecule has 0 bridgehead atoms. The molecule has 1 spiro atoms. The molecule has 2 rings (SSSR count). The Hall–Kier alpha value is -1.18. The molecule has 0 aromatic rings. The highest BCUT2D eigenvalue weighted by atomic mass is 16.5. The van der Waals surface area contributed by atoms with E-state index in [-0.39, 0.29) is 23.5 Å². The molecule has 1 N–H and O–H groups in total. The Balaban J connectivity index is 1.76. The number of likely N-dealkylation sites (N-methyl/N-ethyl adjacent to an activating group) is 1. The number of morpholine rings is 1. The van der Waals surface area contributed by atoms with Crippen LogP contribution in [0.3, 0.4) is 0 Å². The number of amides is 2. The van der Waals surface area contributed by atoms with E-state index in [1.165, 1.54) is 0 Å². The lowest BCUT2D eigenvalue weighted by Gasteiger charge is -2.54. The van der Waals surface area contributed by atoms with Gasteiger partial charge in [-0.25, -0.2) is 0 Å². The molecule has 2 saturated heterocycles. The number of likely N-dealkylation sites (tertiary alicyclic amines) is 1. The maximum atomic E-state index is 12.1. The summed E-state index contributed by atoms with van der Waals surface area (Å²) in [6.45, 7) is 5.41. The lowest BCUT2D eigenvalue weighted by Crippen LogP contribution is -2.73. The van der Waals surface area contributed by atoms with Crippen LogP contribution in [0.15, 0.2) is 0 Å². The first kappa shape index (κ1) is 18.2. The van der Waals surface area contributed by atoms with Crippen molar-refractivity contribution in [2.45, 2.75) is 37.8 Å². The third-order valence-corrected chi connectivity index (χ3v) is 4.58. The van der Waals surface area contributed by atoms with Gasteiger partial charge in [0.15, 0.2) is 0 Å². The summed E-state index contributed by atoms with van der Waals surface area (Å²) >= 11 is 0. The van der Waals surface area contributed by atoms with Gasteiger partial charge in [0.1, 0.15) is 11.6 Å². The van der Waals surface area contributed by atoms with Crippen LogP contribution in [-0.2, 0) is 19.1 Å². The molecule has 0 aromatic heterocycles. The molecular formula is C16H29N3O4. The van der Waals surface area contributed by atoms with Crippen molar-refractivity contribution in [3.8, 4) is 0 Å². The smallest absolute Gasteiger partial charge is 0.239 e. The van der Waals surface area contributed by atoms with Gasteiger partial charge in [-0.3, -0.25) is 14.5 Å². The SMILES string of the molecule is CCCCC(=O)N1CC2(C1)CN(C)[C@H](C(=O)NCCOC)CO2. The van der Waals surface area contributed by atoms with Gasteiger partial charge in [0, 0.05) is 26.6 Å². The minimum atomic E-state index is -0.292. The fourth-order valence-electron chi connectivity index (χ4n) is 3.17. The molecule has 7 nitrogen and oxygen atoms in total. The summed E-state index contributed by atoms with van der Waals surface area (Å²) in [5, 5.41) is 2.85. The maximum absolute atomic E-state index is 12.1. The number of nitrogens with one attached hydrogen (secondary N) is 1. The first-order valence-corrected chi connectivity index (χ1v) is 8.40. The van der Waals surface area contributed by atoms with E-state index in [9.17, 15) is 9.59 Å². The van der Waals surface area contributed by atoms with Crippen LogP contribution in [0.2, 0.25) is 0 Å². The number of hydrogen-bond acceptors (Lipinski definition) is 5. The molecule has 1 atom stereocenters. The average Bonchev–Trinajstić information content (AvgIpc) is 2.50. The van der Waals surface area contributed by atoms with Crippen LogP contribution in [0.5, 0.6) is 0 Å². The second kappa shape index (κ2) is 8.08. The zero-order valence-corrected chi connectivity index (χ0v) is 14.5. The third-order valence-electron chi connectivity index (χ3n) is 4.58. The molecule has 132 valence electrons. The van der Waals surface area contributed by atoms with E-state index in [4.69, 9.17) is 9.47 Å². The average molecular weight is 327 g/mol. The quantitative estimate of drug-likeness (QED) is 0.659. The van der Waals surface area contributed by atoms with Crippen LogP contribution in [-0.4, -0.2) is 86.8 Å². The Bertz CT molecular complexity index is 424. The van der Waals surface area contributed by atoms with Crippen molar-refractivity contribution in [1.82, 2.24) is 15.1 Å². The highest BCUT2D eigenvalue weighted by Crippen LogP contribution is 2.31. The maximum Gasteiger partial charge on any atom is 0.239 e. The first-order valence-electron chi connectivity index (χ1n) is 8.40. The van der Waals surface area contributed by atoms with Crippen LogP contribution in [0.4, 0.5) is 0 Å². The van der Waals surface area contributed by atoms with Gasteiger partial charge < -0.3 is 19.7 Å². The molecule has 2 aliphatic heterocycles. The highest BCUT2D eigenvalue weighted by molar-refractivity contribution is 5.82. The normalized spacial score (nSPS) is 23.6. The number of hydrogen-bond donors (Lipinski definition) is 1. The molecule has 23 heavy (non-hydrogen) atoms. The molecule has 0 radical (unpaired) electrons. The Kier molecular flexibility index (Phi) is 6.38. The van der Waals surface area contributed by atoms with Crippen LogP contribution >= 0.6 is 0 Å². The molecule has 0 unspecified atom stereocenters. The molecule has 7 heteroatoms. The fourth-order valence-corrected chi connectivity index (χ4v) is 3.17. The number of rotatable bonds is 7. The van der Waals surface area contributed by atoms with Crippen LogP contribution in [0.1, 0.15) is 26.2 Å². The van der Waals surface area contributed by atoms with E-state index >= 15 is 0 Å². The van der Waals surface area contributed by atoms with Gasteiger partial charge in [0.2, 0.25) is 11.8 Å². The number of nitrogens with zero attached hydrogens (tertiary/aromatic N) is 2. The zero-order valence-electron chi connectivity index (χ0n) is 14.5. The van der Waals surface area contributed by atoms with E-state index < -0.39 is 0 Å². The number of carbonyl (C=O) groups excluding carboxylic acids is 2. The van der Waals surface area contributed by atoms with E-state index in [1.807, 2.05) is 16.8 Å². The summed E-state index contributed by atoms with van der Waals surface area (Å²) in [5.41, 5.74) is -0.292. The lowest BCUT2D eigenvalue weighted by atomic mass is 9.90. The zero-order chi connectivity index (χ0) is 16.9. The predicted octanol–water partition coefficient (Wildman–Crippen LogP) is -0.149. The Labute approximate surface area is 138 Å². The lowest BCUT2D eigenvalue weighted by molar-refractivity contribution is -0.201. The largest absolute Gasteiger partial charge is 0.383 e. The molecule has 0 aliphatic carbocycles. The van der Waals surface area contributed by atoms with Crippen LogP contribution in [0, 0.1) is 0 Å². The summed E-state index contributed by atoms with van der Waals surface area (Å²) in [6.07, 6.45) is 2.59. The third kappa shape index (κ3) is 4.43. The van der Waals surface area contributed by atoms with E-state index in [0.29, 0.717) is 45.8 Å². The number of ether oxygens (including phenoxy) is 2. The Morgan fingerprint density at radius 3 is 2.70 bits per heavy atom. The second-order valence-corrected chi connectivity index (χ2v) is 6.56. The first-order chi connectivity index (χ1) is 11.0. The van der Waals surface area contributed by atoms with Crippen molar-refractivity contribution < 1.29 is 19.1 Å². The number of carbonyl (C=O) groups is 2. The second-order valence-electron chi connectivity index (χ2n) is 6.56. The van der Waals surface area contributed by atoms with Crippen molar-refractivity contribution in [3.05, 3.63) is 0 Å². The van der Waals surface area contributed by atoms with Gasteiger partial charge in [-0.05, 0) is 13.5 Å². The van der Waals surface area contributed by atoms with Crippen molar-refractivity contribution >= 4 is 11.8 Å². The van der Waals surface area contributed by atoms with Gasteiger partial charge in [0.05, 0.1) is 26.3 Å². The van der Waals surface area contributed by atoms with Crippen LogP contribution < -0.4 is 5.32 Å². The number of methoxy groups -OCH3 is 1. The fraction of sp³-hybridized carbons (Fsp3) is 0.875. The summed E-state index contributed by atoms with van der Waals surface area (Å²) in [5.74, 6) is 0.178. The summed E-state index contributed by atoms with van der Waals surface area (Å²) in [4.78, 5) is 28.0. The van der Waals surface area contributed by atoms with Gasteiger partial charge in [-0.1, -0.05) is 13.3 Å². The highest BCUT2D eigenvalue weighted by Gasteiger charge is 2.50. The van der Waals surface area contributed by atoms with Gasteiger partial charge in [-0.15, -0.1) is 0 Å². The molecule has 2 heterocycles. The van der Waals surface area contributed by atoms with Gasteiger partial charge in [0.25, 0.3) is 0 Å². The van der Waals surface area contributed by atoms with Crippen molar-refractivity contribution in [2.24, 2.45) is 0 Å². The Morgan fingerprint density at radius 1 is 1.35 bits per heavy atom. The standard InChI is InChI=1S/C16H29N3O4/c1-4-5-6-14(20)19-11-16(12-19)10-18(2)13(9-23-16)15(21)17-7-8-22-3/h13H,4-12H2,1-3H3,(H,17,21)/t13-/m0/s1. The van der Waals surface area contributed by atoms with Crippen LogP contribution in [0.25, 0.3) is 0 Å². The van der Waals surface area contributed by atoms with Gasteiger partial charge in [-0.2, -0.15) is 0 Å². The number of unbranched alkanes of at least 4 members (excludes halogenated alkanes) is 1. The minimum absolute atomic E-state index is 0.0328. The molecule has 2 amide bonds. The molecule has 0 aromatic carbocycles. The Morgan fingerprint density at radius 2 is 2.09 bits per heavy atom. The van der Waals surface area contributed by atoms with Crippen molar-refractivity contribution in [3.63, 3.8) is 0 Å². The molecule has 0 saturated carbocycles. The molecule has 2 aliphatic rings. The van der Waals surface area contributed by atoms with E-state index in [1.54, 1.807) is 7.11 Å². The van der Waals surface area contributed by atoms with Gasteiger partial charge >= 0.3 is 0 Å². The van der Waals surface area contributed by atoms with Crippen molar-refractivity contribution in [1.29, 1.82) is 0 Å². The van der Waals surface area contributed by atoms with E-state index in [0.717, 1.165) is 12.8 Å². The van der Waals surface area contributed by atoms with Crippen molar-refractivity contribution in [2.75, 3.05) is 53.6 Å². The van der Waals surface area contributed by atoms with E-state index in [2.05, 4.69) is 12.2 Å². The topological polar surface area (TPSA) is 71.1 Å². The monoisotopic (exact) mass is 327 g/mol. The summed E-state index contributed by atoms with van der Waals surface area (Å²) in [6, 6.07) is -0.276. The summed E-state index contributed by atoms with van der Waals surface area (Å²) < 4.78 is 10.9. The molecular weight excluding hydrogens is 298 g/mol. The summed E-state index contributed by atoms with van der Waals surface area (Å²) in [7, 11) is 3.54.